The van der Waals surface area contributed by atoms with Crippen molar-refractivity contribution in [2.45, 2.75) is 25.2 Å². The fraction of sp³-hybridized carbons (Fsp3) is 0.357. The molecule has 0 saturated heterocycles. The summed E-state index contributed by atoms with van der Waals surface area (Å²) < 4.78 is 1.79. The minimum Gasteiger partial charge on any atom is -0.384 e. The molecule has 1 aromatic heterocycles. The van der Waals surface area contributed by atoms with Gasteiger partial charge in [0.1, 0.15) is 5.82 Å². The van der Waals surface area contributed by atoms with E-state index in [1.807, 2.05) is 7.05 Å². The van der Waals surface area contributed by atoms with Crippen molar-refractivity contribution in [1.82, 2.24) is 9.78 Å². The van der Waals surface area contributed by atoms with Crippen molar-refractivity contribution >= 4 is 5.82 Å². The van der Waals surface area contributed by atoms with E-state index in [-0.39, 0.29) is 5.41 Å². The van der Waals surface area contributed by atoms with Crippen LogP contribution in [-0.2, 0) is 12.5 Å². The molecule has 1 fully saturated rings. The fourth-order valence-corrected chi connectivity index (χ4v) is 2.64. The molecule has 1 aliphatic rings. The lowest BCUT2D eigenvalue weighted by Gasteiger charge is -2.14. The van der Waals surface area contributed by atoms with Gasteiger partial charge >= 0.3 is 0 Å². The van der Waals surface area contributed by atoms with Crippen molar-refractivity contribution in [3.05, 3.63) is 47.2 Å². The van der Waals surface area contributed by atoms with Gasteiger partial charge in [-0.05, 0) is 25.3 Å². The first-order valence-corrected chi connectivity index (χ1v) is 6.00. The number of nitrogens with two attached hydrogens (primary N) is 1. The molecule has 2 aromatic rings. The van der Waals surface area contributed by atoms with Gasteiger partial charge in [-0.3, -0.25) is 4.68 Å². The van der Waals surface area contributed by atoms with Crippen LogP contribution in [0.25, 0.3) is 0 Å². The number of anilines is 1. The first-order chi connectivity index (χ1) is 8.15. The predicted molar refractivity (Wildman–Crippen MR) is 68.8 cm³/mol. The maximum atomic E-state index is 6.01. The molecule has 0 spiro atoms. The summed E-state index contributed by atoms with van der Waals surface area (Å²) in [6, 6.07) is 10.6. The van der Waals surface area contributed by atoms with Gasteiger partial charge in [0.25, 0.3) is 0 Å². The van der Waals surface area contributed by atoms with Gasteiger partial charge in [-0.2, -0.15) is 5.10 Å². The molecular formula is C14H17N3. The van der Waals surface area contributed by atoms with Crippen LogP contribution in [0.5, 0.6) is 0 Å². The number of benzene rings is 1. The van der Waals surface area contributed by atoms with Crippen LogP contribution in [-0.4, -0.2) is 9.78 Å². The van der Waals surface area contributed by atoms with E-state index in [0.717, 1.165) is 17.1 Å². The predicted octanol–water partition coefficient (Wildman–Crippen LogP) is 2.39. The number of nitrogens with zero attached hydrogens (tertiary/aromatic N) is 2. The molecule has 1 aromatic carbocycles. The third-order valence-electron chi connectivity index (χ3n) is 3.87. The van der Waals surface area contributed by atoms with Crippen LogP contribution in [0.15, 0.2) is 30.3 Å². The summed E-state index contributed by atoms with van der Waals surface area (Å²) in [6.07, 6.45) is 2.35. The van der Waals surface area contributed by atoms with Crippen molar-refractivity contribution in [3.8, 4) is 0 Å². The number of rotatable bonds is 2. The first-order valence-electron chi connectivity index (χ1n) is 6.00. The van der Waals surface area contributed by atoms with Crippen molar-refractivity contribution < 1.29 is 0 Å². The molecule has 1 heterocycles. The summed E-state index contributed by atoms with van der Waals surface area (Å²) in [5, 5.41) is 4.61. The molecule has 0 radical (unpaired) electrons. The minimum atomic E-state index is 0.126. The summed E-state index contributed by atoms with van der Waals surface area (Å²) in [4.78, 5) is 0. The van der Waals surface area contributed by atoms with Crippen LogP contribution >= 0.6 is 0 Å². The van der Waals surface area contributed by atoms with E-state index < -0.39 is 0 Å². The van der Waals surface area contributed by atoms with Crippen molar-refractivity contribution in [2.75, 3.05) is 5.73 Å². The molecule has 0 aliphatic heterocycles. The smallest absolute Gasteiger partial charge is 0.124 e. The summed E-state index contributed by atoms with van der Waals surface area (Å²) in [6.45, 7) is 2.07. The van der Waals surface area contributed by atoms with Gasteiger partial charge < -0.3 is 5.73 Å². The van der Waals surface area contributed by atoms with Gasteiger partial charge in [0, 0.05) is 18.0 Å². The fourth-order valence-electron chi connectivity index (χ4n) is 2.64. The number of hydrogen-bond donors (Lipinski definition) is 1. The molecule has 0 bridgehead atoms. The molecule has 1 saturated carbocycles. The lowest BCUT2D eigenvalue weighted by molar-refractivity contribution is 0.708. The Labute approximate surface area is 101 Å². The number of aromatic nitrogens is 2. The van der Waals surface area contributed by atoms with Gasteiger partial charge in [0.2, 0.25) is 0 Å². The normalized spacial score (nSPS) is 17.1. The van der Waals surface area contributed by atoms with E-state index in [1.54, 1.807) is 4.68 Å². The highest BCUT2D eigenvalue weighted by atomic mass is 15.3. The zero-order chi connectivity index (χ0) is 12.0. The second-order valence-electron chi connectivity index (χ2n) is 4.93. The second kappa shape index (κ2) is 3.36. The standard InChI is InChI=1S/C14H17N3/c1-10-12(16-17(2)13(10)15)14(8-9-14)11-6-4-3-5-7-11/h3-7H,8-9,15H2,1-2H3. The molecule has 0 atom stereocenters. The van der Waals surface area contributed by atoms with Gasteiger partial charge in [-0.1, -0.05) is 30.3 Å². The minimum absolute atomic E-state index is 0.126. The zero-order valence-electron chi connectivity index (χ0n) is 10.3. The maximum absolute atomic E-state index is 6.01. The average Bonchev–Trinajstić information content (AvgIpc) is 3.12. The van der Waals surface area contributed by atoms with Crippen molar-refractivity contribution in [3.63, 3.8) is 0 Å². The topological polar surface area (TPSA) is 43.8 Å². The average molecular weight is 227 g/mol. The molecule has 88 valence electrons. The van der Waals surface area contributed by atoms with Crippen molar-refractivity contribution in [1.29, 1.82) is 0 Å². The van der Waals surface area contributed by atoms with Crippen LogP contribution in [0.3, 0.4) is 0 Å². The first kappa shape index (κ1) is 10.4. The number of aryl methyl sites for hydroxylation is 1. The van der Waals surface area contributed by atoms with Gasteiger partial charge in [0.15, 0.2) is 0 Å². The Morgan fingerprint density at radius 3 is 2.35 bits per heavy atom. The van der Waals surface area contributed by atoms with E-state index in [4.69, 9.17) is 5.73 Å². The SMILES string of the molecule is Cc1c(C2(c3ccccc3)CC2)nn(C)c1N. The third-order valence-corrected chi connectivity index (χ3v) is 3.87. The van der Waals surface area contributed by atoms with E-state index >= 15 is 0 Å². The molecule has 3 nitrogen and oxygen atoms in total. The summed E-state index contributed by atoms with van der Waals surface area (Å²) >= 11 is 0. The molecule has 2 N–H and O–H groups in total. The summed E-state index contributed by atoms with van der Waals surface area (Å²) in [5.74, 6) is 0.780. The van der Waals surface area contributed by atoms with Gasteiger partial charge in [-0.15, -0.1) is 0 Å². The highest BCUT2D eigenvalue weighted by molar-refractivity contribution is 5.52. The lowest BCUT2D eigenvalue weighted by Crippen LogP contribution is -2.11. The number of hydrogen-bond acceptors (Lipinski definition) is 2. The Kier molecular flexibility index (Phi) is 2.05. The van der Waals surface area contributed by atoms with E-state index in [2.05, 4.69) is 42.4 Å². The molecular weight excluding hydrogens is 210 g/mol. The van der Waals surface area contributed by atoms with Gasteiger partial charge in [-0.25, -0.2) is 0 Å². The van der Waals surface area contributed by atoms with E-state index in [0.29, 0.717) is 0 Å². The van der Waals surface area contributed by atoms with E-state index in [9.17, 15) is 0 Å². The quantitative estimate of drug-likeness (QED) is 0.856. The highest BCUT2D eigenvalue weighted by Crippen LogP contribution is 2.54. The summed E-state index contributed by atoms with van der Waals surface area (Å²) in [5.41, 5.74) is 9.78. The van der Waals surface area contributed by atoms with E-state index in [1.165, 1.54) is 18.4 Å². The Bertz CT molecular complexity index is 550. The number of nitrogen functional groups attached to an aromatic ring is 1. The van der Waals surface area contributed by atoms with Crippen LogP contribution in [0, 0.1) is 6.92 Å². The molecule has 0 amide bonds. The highest BCUT2D eigenvalue weighted by Gasteiger charge is 2.49. The monoisotopic (exact) mass is 227 g/mol. The third kappa shape index (κ3) is 1.38. The van der Waals surface area contributed by atoms with Crippen molar-refractivity contribution in [2.24, 2.45) is 7.05 Å². The molecule has 0 unspecified atom stereocenters. The lowest BCUT2D eigenvalue weighted by atomic mass is 9.90. The Morgan fingerprint density at radius 1 is 1.24 bits per heavy atom. The van der Waals surface area contributed by atoms with Crippen LogP contribution in [0.4, 0.5) is 5.82 Å². The van der Waals surface area contributed by atoms with Crippen LogP contribution in [0.2, 0.25) is 0 Å². The van der Waals surface area contributed by atoms with Crippen LogP contribution in [0.1, 0.15) is 29.7 Å². The second-order valence-corrected chi connectivity index (χ2v) is 4.93. The zero-order valence-corrected chi connectivity index (χ0v) is 10.3. The van der Waals surface area contributed by atoms with Crippen LogP contribution < -0.4 is 5.73 Å². The Hall–Kier alpha value is -1.77. The van der Waals surface area contributed by atoms with Gasteiger partial charge in [0.05, 0.1) is 5.69 Å². The molecule has 3 rings (SSSR count). The largest absolute Gasteiger partial charge is 0.384 e. The summed E-state index contributed by atoms with van der Waals surface area (Å²) in [7, 11) is 1.91. The molecule has 3 heteroatoms. The maximum Gasteiger partial charge on any atom is 0.124 e. The Balaban J connectivity index is 2.13. The molecule has 1 aliphatic carbocycles. The Morgan fingerprint density at radius 2 is 1.88 bits per heavy atom. The molecule has 17 heavy (non-hydrogen) atoms.